The molecule has 0 amide bonds. The van der Waals surface area contributed by atoms with Gasteiger partial charge < -0.3 is 32.7 Å². The lowest BCUT2D eigenvalue weighted by Gasteiger charge is -2.26. The number of nitrogens with one attached hydrogen (secondary N) is 1. The Labute approximate surface area is 233 Å². The average Bonchev–Trinajstić information content (AvgIpc) is 3.68. The van der Waals surface area contributed by atoms with E-state index >= 15 is 0 Å². The molecule has 4 heterocycles. The highest BCUT2D eigenvalue weighted by Gasteiger charge is 2.45. The molecule has 3 unspecified atom stereocenters. The van der Waals surface area contributed by atoms with Crippen LogP contribution >= 0.6 is 7.82 Å². The number of phosphoric acid groups is 1. The third-order valence-corrected chi connectivity index (χ3v) is 8.36. The van der Waals surface area contributed by atoms with Crippen molar-refractivity contribution in [2.45, 2.75) is 32.1 Å². The maximum atomic E-state index is 14.0. The van der Waals surface area contributed by atoms with Crippen molar-refractivity contribution in [2.75, 3.05) is 20.2 Å². The number of aromatic amines is 1. The molecule has 216 valence electrons. The third kappa shape index (κ3) is 5.69. The van der Waals surface area contributed by atoms with Gasteiger partial charge in [-0.05, 0) is 30.7 Å². The molecular formula is C27H27N2O11P. The predicted octanol–water partition coefficient (Wildman–Crippen LogP) is 3.63. The fourth-order valence-corrected chi connectivity index (χ4v) is 6.00. The molecule has 1 N–H and O–H groups in total. The van der Waals surface area contributed by atoms with Gasteiger partial charge in [-0.15, -0.1) is 6.58 Å². The largest absolute Gasteiger partial charge is 0.587 e. The number of hydrogen-bond acceptors (Lipinski definition) is 11. The molecule has 1 aromatic heterocycles. The zero-order valence-electron chi connectivity index (χ0n) is 22.0. The summed E-state index contributed by atoms with van der Waals surface area (Å²) in [5.41, 5.74) is -1.59. The number of aromatic nitrogens is 2. The van der Waals surface area contributed by atoms with E-state index < -0.39 is 36.7 Å². The summed E-state index contributed by atoms with van der Waals surface area (Å²) in [5, 5.41) is 0. The van der Waals surface area contributed by atoms with Crippen LogP contribution in [0.2, 0.25) is 0 Å². The molecule has 1 fully saturated rings. The molecule has 3 atom stereocenters. The Morgan fingerprint density at radius 3 is 2.20 bits per heavy atom. The van der Waals surface area contributed by atoms with Crippen LogP contribution in [-0.4, -0.2) is 42.0 Å². The van der Waals surface area contributed by atoms with E-state index in [1.54, 1.807) is 30.3 Å². The van der Waals surface area contributed by atoms with Crippen LogP contribution in [0.3, 0.4) is 0 Å². The van der Waals surface area contributed by atoms with Crippen molar-refractivity contribution in [1.29, 1.82) is 0 Å². The molecule has 3 aliphatic heterocycles. The van der Waals surface area contributed by atoms with E-state index in [-0.39, 0.29) is 38.2 Å². The van der Waals surface area contributed by atoms with Crippen LogP contribution in [0.15, 0.2) is 70.9 Å². The molecule has 14 heteroatoms. The van der Waals surface area contributed by atoms with Crippen LogP contribution in [-0.2, 0) is 20.4 Å². The van der Waals surface area contributed by atoms with Gasteiger partial charge in [-0.3, -0.25) is 18.9 Å². The fraction of sp³-hybridized carbons (Fsp3) is 0.333. The average molecular weight is 586 g/mol. The second-order valence-electron chi connectivity index (χ2n) is 9.88. The van der Waals surface area contributed by atoms with Crippen LogP contribution < -0.4 is 39.2 Å². The normalized spacial score (nSPS) is 22.5. The third-order valence-electron chi connectivity index (χ3n) is 7.03. The quantitative estimate of drug-likeness (QED) is 0.275. The van der Waals surface area contributed by atoms with Crippen molar-refractivity contribution in [3.8, 4) is 34.5 Å². The highest BCUT2D eigenvalue weighted by Crippen LogP contribution is 2.53. The van der Waals surface area contributed by atoms with Crippen LogP contribution in [0.4, 0.5) is 0 Å². The van der Waals surface area contributed by atoms with Gasteiger partial charge in [0.1, 0.15) is 11.5 Å². The first-order valence-corrected chi connectivity index (χ1v) is 14.2. The van der Waals surface area contributed by atoms with Gasteiger partial charge in [0.2, 0.25) is 13.6 Å². The smallest absolute Gasteiger partial charge is 0.454 e. The molecule has 0 radical (unpaired) electrons. The number of nitrogens with zero attached hydrogens (tertiary/aromatic N) is 1. The highest BCUT2D eigenvalue weighted by molar-refractivity contribution is 7.49. The topological polar surface area (TPSA) is 146 Å². The summed E-state index contributed by atoms with van der Waals surface area (Å²) in [5.74, 6) is 2.27. The molecule has 1 saturated heterocycles. The SMILES string of the molecule is C=CC1(C)CC(COP(=O)(Oc2ccc3c(c2)OCO3)Oc2ccc3c(c2)OCO3)OC1Cn1ccc(=O)[nH]c1=O. The molecule has 0 saturated carbocycles. The highest BCUT2D eigenvalue weighted by atomic mass is 31.2. The van der Waals surface area contributed by atoms with Crippen molar-refractivity contribution < 1.29 is 41.8 Å². The number of hydrogen-bond donors (Lipinski definition) is 1. The van der Waals surface area contributed by atoms with Crippen molar-refractivity contribution >= 4 is 7.82 Å². The number of benzene rings is 2. The Bertz CT molecular complexity index is 1570. The van der Waals surface area contributed by atoms with E-state index in [1.165, 1.54) is 29.0 Å². The molecule has 41 heavy (non-hydrogen) atoms. The van der Waals surface area contributed by atoms with E-state index in [0.29, 0.717) is 29.4 Å². The van der Waals surface area contributed by atoms with Crippen molar-refractivity contribution in [3.05, 3.63) is 82.2 Å². The Morgan fingerprint density at radius 1 is 1.00 bits per heavy atom. The summed E-state index contributed by atoms with van der Waals surface area (Å²) in [4.78, 5) is 25.9. The van der Waals surface area contributed by atoms with Gasteiger partial charge in [0, 0.05) is 29.8 Å². The second-order valence-corrected chi connectivity index (χ2v) is 11.4. The van der Waals surface area contributed by atoms with Gasteiger partial charge in [-0.2, -0.15) is 0 Å². The first-order valence-electron chi connectivity index (χ1n) is 12.7. The van der Waals surface area contributed by atoms with Crippen molar-refractivity contribution in [3.63, 3.8) is 0 Å². The molecule has 6 rings (SSSR count). The number of ether oxygens (including phenoxy) is 5. The molecule has 0 bridgehead atoms. The predicted molar refractivity (Wildman–Crippen MR) is 143 cm³/mol. The van der Waals surface area contributed by atoms with E-state index in [0.717, 1.165) is 0 Å². The van der Waals surface area contributed by atoms with Crippen LogP contribution in [0.5, 0.6) is 34.5 Å². The van der Waals surface area contributed by atoms with Crippen LogP contribution in [0, 0.1) is 5.41 Å². The van der Waals surface area contributed by atoms with Crippen LogP contribution in [0.1, 0.15) is 13.3 Å². The minimum absolute atomic E-state index is 0.0636. The maximum Gasteiger partial charge on any atom is 0.587 e. The summed E-state index contributed by atoms with van der Waals surface area (Å²) in [6.07, 6.45) is 2.58. The zero-order chi connectivity index (χ0) is 28.6. The van der Waals surface area contributed by atoms with E-state index in [4.69, 9.17) is 37.3 Å². The lowest BCUT2D eigenvalue weighted by atomic mass is 9.82. The molecule has 3 aromatic rings. The number of fused-ring (bicyclic) bond motifs is 2. The minimum atomic E-state index is -4.31. The Morgan fingerprint density at radius 2 is 1.61 bits per heavy atom. The molecule has 0 aliphatic carbocycles. The molecule has 13 nitrogen and oxygen atoms in total. The minimum Gasteiger partial charge on any atom is -0.454 e. The second kappa shape index (κ2) is 10.7. The standard InChI is InChI=1S/C27H27N2O11P/c1-3-27(2)12-19(38-24(27)13-29-9-8-25(30)28-26(29)31)14-37-41(32,39-17-4-6-20-22(10-17)35-15-33-20)40-18-5-7-21-23(11-18)36-16-34-21/h3-11,19,24H,1,12-16H2,2H3,(H,28,30,31). The van der Waals surface area contributed by atoms with Crippen molar-refractivity contribution in [2.24, 2.45) is 5.41 Å². The molecule has 0 spiro atoms. The monoisotopic (exact) mass is 586 g/mol. The Kier molecular flexibility index (Phi) is 7.02. The van der Waals surface area contributed by atoms with Gasteiger partial charge in [-0.25, -0.2) is 9.36 Å². The molecule has 2 aromatic carbocycles. The number of phosphoric ester groups is 1. The lowest BCUT2D eigenvalue weighted by Crippen LogP contribution is -2.37. The van der Waals surface area contributed by atoms with Crippen molar-refractivity contribution in [1.82, 2.24) is 9.55 Å². The molecular weight excluding hydrogens is 559 g/mol. The van der Waals surface area contributed by atoms with Gasteiger partial charge in [0.25, 0.3) is 5.56 Å². The van der Waals surface area contributed by atoms with Gasteiger partial charge in [0.05, 0.1) is 25.4 Å². The zero-order valence-corrected chi connectivity index (χ0v) is 22.9. The van der Waals surface area contributed by atoms with E-state index in [1.807, 2.05) is 6.92 Å². The Hall–Kier alpha value is -4.19. The molecule has 3 aliphatic rings. The summed E-state index contributed by atoms with van der Waals surface area (Å²) in [6, 6.07) is 10.7. The summed E-state index contributed by atoms with van der Waals surface area (Å²) < 4.78 is 60.5. The first kappa shape index (κ1) is 27.0. The van der Waals surface area contributed by atoms with E-state index in [9.17, 15) is 14.2 Å². The lowest BCUT2D eigenvalue weighted by molar-refractivity contribution is -0.00848. The summed E-state index contributed by atoms with van der Waals surface area (Å²) in [6.45, 7) is 6.01. The first-order chi connectivity index (χ1) is 19.7. The summed E-state index contributed by atoms with van der Waals surface area (Å²) in [7, 11) is -4.31. The number of H-pyrrole nitrogens is 1. The fourth-order valence-electron chi connectivity index (χ4n) is 4.76. The summed E-state index contributed by atoms with van der Waals surface area (Å²) >= 11 is 0. The Balaban J connectivity index is 1.20. The van der Waals surface area contributed by atoms with Gasteiger partial charge >= 0.3 is 13.5 Å². The van der Waals surface area contributed by atoms with E-state index in [2.05, 4.69) is 11.6 Å². The number of rotatable bonds is 10. The van der Waals surface area contributed by atoms with Gasteiger partial charge in [-0.1, -0.05) is 13.0 Å². The van der Waals surface area contributed by atoms with Crippen LogP contribution in [0.25, 0.3) is 0 Å². The maximum absolute atomic E-state index is 14.0. The van der Waals surface area contributed by atoms with Gasteiger partial charge in [0.15, 0.2) is 23.0 Å².